The molecule has 4 rings (SSSR count). The second-order valence-corrected chi connectivity index (χ2v) is 9.91. The van der Waals surface area contributed by atoms with Gasteiger partial charge in [0.05, 0.1) is 29.1 Å². The molecule has 2 heterocycles. The molecule has 0 bridgehead atoms. The molecule has 168 valence electrons. The summed E-state index contributed by atoms with van der Waals surface area (Å²) in [6.45, 7) is 1.41. The molecule has 0 spiro atoms. The molecule has 1 atom stereocenters. The molecule has 0 radical (unpaired) electrons. The van der Waals surface area contributed by atoms with Crippen LogP contribution < -0.4 is 9.47 Å². The maximum Gasteiger partial charge on any atom is 0.266 e. The topological polar surface area (TPSA) is 48.0 Å². The van der Waals surface area contributed by atoms with Gasteiger partial charge in [0.1, 0.15) is 16.7 Å². The van der Waals surface area contributed by atoms with Crippen molar-refractivity contribution in [2.24, 2.45) is 0 Å². The molecule has 32 heavy (non-hydrogen) atoms. The van der Waals surface area contributed by atoms with Gasteiger partial charge < -0.3 is 14.2 Å². The fourth-order valence-electron chi connectivity index (χ4n) is 3.55. The largest absolute Gasteiger partial charge is 0.493 e. The number of thioether (sulfide) groups is 1. The highest BCUT2D eigenvalue weighted by molar-refractivity contribution is 9.10. The van der Waals surface area contributed by atoms with E-state index >= 15 is 0 Å². The molecule has 0 aliphatic carbocycles. The van der Waals surface area contributed by atoms with Gasteiger partial charge in [-0.05, 0) is 70.2 Å². The van der Waals surface area contributed by atoms with Crippen molar-refractivity contribution in [1.82, 2.24) is 4.90 Å². The molecule has 2 saturated heterocycles. The average Bonchev–Trinajstić information content (AvgIpc) is 3.37. The summed E-state index contributed by atoms with van der Waals surface area (Å²) < 4.78 is 31.6. The van der Waals surface area contributed by atoms with Crippen molar-refractivity contribution in [2.45, 2.75) is 25.6 Å². The van der Waals surface area contributed by atoms with Crippen molar-refractivity contribution in [1.29, 1.82) is 0 Å². The summed E-state index contributed by atoms with van der Waals surface area (Å²) in [5.74, 6) is 0.568. The lowest BCUT2D eigenvalue weighted by atomic mass is 10.1. The van der Waals surface area contributed by atoms with Gasteiger partial charge in [-0.2, -0.15) is 0 Å². The second-order valence-electron chi connectivity index (χ2n) is 7.38. The second kappa shape index (κ2) is 10.3. The first-order chi connectivity index (χ1) is 15.4. The lowest BCUT2D eigenvalue weighted by Gasteiger charge is -2.18. The van der Waals surface area contributed by atoms with E-state index in [1.54, 1.807) is 36.3 Å². The van der Waals surface area contributed by atoms with E-state index < -0.39 is 0 Å². The summed E-state index contributed by atoms with van der Waals surface area (Å²) in [4.78, 5) is 15.1. The number of amides is 1. The Balaban J connectivity index is 1.51. The van der Waals surface area contributed by atoms with Crippen LogP contribution in [0, 0.1) is 5.82 Å². The highest BCUT2D eigenvalue weighted by Crippen LogP contribution is 2.39. The Hall–Kier alpha value is -1.94. The molecule has 0 N–H and O–H groups in total. The smallest absolute Gasteiger partial charge is 0.266 e. The van der Waals surface area contributed by atoms with Gasteiger partial charge in [-0.3, -0.25) is 9.69 Å². The Kier molecular flexibility index (Phi) is 7.50. The number of nitrogens with zero attached hydrogens (tertiary/aromatic N) is 1. The number of rotatable bonds is 7. The van der Waals surface area contributed by atoms with Gasteiger partial charge in [0.2, 0.25) is 0 Å². The van der Waals surface area contributed by atoms with Gasteiger partial charge in [0.25, 0.3) is 5.91 Å². The molecule has 0 unspecified atom stereocenters. The number of ether oxygens (including phenoxy) is 3. The minimum Gasteiger partial charge on any atom is -0.493 e. The maximum absolute atomic E-state index is 13.4. The summed E-state index contributed by atoms with van der Waals surface area (Å²) in [6.07, 6.45) is 3.78. The number of hydrogen-bond acceptors (Lipinski definition) is 6. The van der Waals surface area contributed by atoms with Crippen LogP contribution in [0.3, 0.4) is 0 Å². The SMILES string of the molecule is COc1cc(/C=C2\SC(=S)N(C[C@@H]3CCCO3)C2=O)cc(Br)c1OCc1cccc(F)c1. The number of carbonyl (C=O) groups is 1. The summed E-state index contributed by atoms with van der Waals surface area (Å²) >= 11 is 10.2. The van der Waals surface area contributed by atoms with Crippen LogP contribution in [0.4, 0.5) is 4.39 Å². The number of benzene rings is 2. The van der Waals surface area contributed by atoms with Crippen molar-refractivity contribution in [3.8, 4) is 11.5 Å². The van der Waals surface area contributed by atoms with Gasteiger partial charge in [0, 0.05) is 6.61 Å². The van der Waals surface area contributed by atoms with Crippen LogP contribution in [0.2, 0.25) is 0 Å². The van der Waals surface area contributed by atoms with E-state index in [4.69, 9.17) is 26.4 Å². The van der Waals surface area contributed by atoms with Crippen molar-refractivity contribution >= 4 is 56.2 Å². The van der Waals surface area contributed by atoms with Crippen LogP contribution in [-0.2, 0) is 16.1 Å². The number of hydrogen-bond donors (Lipinski definition) is 0. The van der Waals surface area contributed by atoms with Gasteiger partial charge in [-0.1, -0.05) is 36.1 Å². The molecular formula is C23H21BrFNO4S2. The zero-order valence-electron chi connectivity index (χ0n) is 17.3. The highest BCUT2D eigenvalue weighted by Gasteiger charge is 2.34. The zero-order chi connectivity index (χ0) is 22.7. The lowest BCUT2D eigenvalue weighted by Crippen LogP contribution is -2.35. The Morgan fingerprint density at radius 1 is 1.38 bits per heavy atom. The molecular weight excluding hydrogens is 517 g/mol. The molecule has 1 amide bonds. The number of thiocarbonyl (C=S) groups is 1. The van der Waals surface area contributed by atoms with Crippen molar-refractivity contribution in [2.75, 3.05) is 20.3 Å². The van der Waals surface area contributed by atoms with Crippen LogP contribution in [-0.4, -0.2) is 41.5 Å². The molecule has 9 heteroatoms. The molecule has 2 aliphatic rings. The Morgan fingerprint density at radius 3 is 2.94 bits per heavy atom. The standard InChI is InChI=1S/C23H21BrFNO4S2/c1-28-19-10-15(9-18(24)21(19)30-13-14-4-2-5-16(25)8-14)11-20-22(27)26(23(31)32-20)12-17-6-3-7-29-17/h2,4-5,8-11,17H,3,6-7,12-13H2,1H3/b20-11-/t17-/m0/s1. The molecule has 2 fully saturated rings. The Labute approximate surface area is 204 Å². The molecule has 0 aromatic heterocycles. The van der Waals surface area contributed by atoms with Gasteiger partial charge in [-0.25, -0.2) is 4.39 Å². The summed E-state index contributed by atoms with van der Waals surface area (Å²) in [5.41, 5.74) is 1.47. The van der Waals surface area contributed by atoms with Gasteiger partial charge in [-0.15, -0.1) is 0 Å². The first kappa shape index (κ1) is 23.2. The lowest BCUT2D eigenvalue weighted by molar-refractivity contribution is -0.123. The summed E-state index contributed by atoms with van der Waals surface area (Å²) in [6, 6.07) is 9.87. The Morgan fingerprint density at radius 2 is 2.22 bits per heavy atom. The average molecular weight is 538 g/mol. The van der Waals surface area contributed by atoms with Crippen LogP contribution >= 0.6 is 39.9 Å². The van der Waals surface area contributed by atoms with Crippen LogP contribution in [0.15, 0.2) is 45.8 Å². The predicted octanol–water partition coefficient (Wildman–Crippen LogP) is 5.56. The minimum absolute atomic E-state index is 0.0422. The van der Waals surface area contributed by atoms with Crippen molar-refractivity contribution in [3.63, 3.8) is 0 Å². The van der Waals surface area contributed by atoms with Crippen LogP contribution in [0.5, 0.6) is 11.5 Å². The van der Waals surface area contributed by atoms with Gasteiger partial charge in [0.15, 0.2) is 11.5 Å². The predicted molar refractivity (Wildman–Crippen MR) is 130 cm³/mol. The summed E-state index contributed by atoms with van der Waals surface area (Å²) in [7, 11) is 1.54. The minimum atomic E-state index is -0.315. The third kappa shape index (κ3) is 5.33. The first-order valence-electron chi connectivity index (χ1n) is 10.1. The van der Waals surface area contributed by atoms with E-state index in [1.807, 2.05) is 6.07 Å². The molecule has 2 aromatic rings. The summed E-state index contributed by atoms with van der Waals surface area (Å²) in [5, 5.41) is 0. The quantitative estimate of drug-likeness (QED) is 0.340. The normalized spacial score (nSPS) is 19.8. The van der Waals surface area contributed by atoms with Crippen molar-refractivity contribution in [3.05, 3.63) is 62.7 Å². The third-order valence-corrected chi connectivity index (χ3v) is 7.07. The number of methoxy groups -OCH3 is 1. The number of halogens is 2. The third-order valence-electron chi connectivity index (χ3n) is 5.11. The monoisotopic (exact) mass is 537 g/mol. The maximum atomic E-state index is 13.4. The van der Waals surface area contributed by atoms with E-state index in [2.05, 4.69) is 15.9 Å². The molecule has 5 nitrogen and oxygen atoms in total. The van der Waals surface area contributed by atoms with E-state index in [9.17, 15) is 9.18 Å². The van der Waals surface area contributed by atoms with Crippen molar-refractivity contribution < 1.29 is 23.4 Å². The van der Waals surface area contributed by atoms with Crippen LogP contribution in [0.25, 0.3) is 6.08 Å². The van der Waals surface area contributed by atoms with Crippen LogP contribution in [0.1, 0.15) is 24.0 Å². The van der Waals surface area contributed by atoms with E-state index in [0.717, 1.165) is 25.0 Å². The van der Waals surface area contributed by atoms with Gasteiger partial charge >= 0.3 is 0 Å². The first-order valence-corrected chi connectivity index (χ1v) is 12.1. The molecule has 2 aromatic carbocycles. The highest BCUT2D eigenvalue weighted by atomic mass is 79.9. The molecule has 0 saturated carbocycles. The fourth-order valence-corrected chi connectivity index (χ4v) is 5.40. The fraction of sp³-hybridized carbons (Fsp3) is 0.304. The molecule has 2 aliphatic heterocycles. The number of carbonyl (C=O) groups excluding carboxylic acids is 1. The Bertz CT molecular complexity index is 1070. The van der Waals surface area contributed by atoms with E-state index in [-0.39, 0.29) is 24.4 Å². The van der Waals surface area contributed by atoms with E-state index in [1.165, 1.54) is 23.9 Å². The van der Waals surface area contributed by atoms with E-state index in [0.29, 0.717) is 37.3 Å². The zero-order valence-corrected chi connectivity index (χ0v) is 20.5.